The molecule has 2 heteroatoms. The lowest BCUT2D eigenvalue weighted by atomic mass is 10.8. The molecule has 0 aliphatic carbocycles. The summed E-state index contributed by atoms with van der Waals surface area (Å²) in [6.45, 7) is 1.31. The van der Waals surface area contributed by atoms with Gasteiger partial charge in [0.15, 0.2) is 0 Å². The maximum absolute atomic E-state index is 9.22. The van der Waals surface area contributed by atoms with Crippen LogP contribution in [0.25, 0.3) is 0 Å². The number of carbonyl (C=O) groups excluding carboxylic acids is 1. The predicted molar refractivity (Wildman–Crippen MR) is 17.0 cm³/mol. The Kier molecular flexibility index (Phi) is 0.759. The summed E-state index contributed by atoms with van der Waals surface area (Å²) in [5.74, 6) is -0.333. The third kappa shape index (κ3) is 1.16. The first-order chi connectivity index (χ1) is 1.73. The molecule has 0 saturated heterocycles. The van der Waals surface area contributed by atoms with Gasteiger partial charge >= 0.3 is 0 Å². The standard InChI is InChI=1S/C2H5NO.H2/c1-2(3)4;/h1H3,(H2,3,4);1H. The van der Waals surface area contributed by atoms with Crippen LogP contribution in [0.5, 0.6) is 0 Å². The van der Waals surface area contributed by atoms with Crippen LogP contribution in [0.3, 0.4) is 0 Å². The van der Waals surface area contributed by atoms with E-state index in [1.165, 1.54) is 6.92 Å². The van der Waals surface area contributed by atoms with Gasteiger partial charge in [-0.25, -0.2) is 0 Å². The van der Waals surface area contributed by atoms with Crippen molar-refractivity contribution in [2.75, 3.05) is 0 Å². The average molecular weight is 61.1 g/mol. The van der Waals surface area contributed by atoms with Gasteiger partial charge in [-0.1, -0.05) is 0 Å². The van der Waals surface area contributed by atoms with E-state index in [2.05, 4.69) is 5.73 Å². The summed E-state index contributed by atoms with van der Waals surface area (Å²) in [6, 6.07) is 0. The van der Waals surface area contributed by atoms with Crippen LogP contribution in [0.1, 0.15) is 8.35 Å². The number of nitrogens with two attached hydrogens (primary N) is 1. The highest BCUT2D eigenvalue weighted by Crippen LogP contribution is 1.33. The highest BCUT2D eigenvalue weighted by atomic mass is 16.1. The van der Waals surface area contributed by atoms with Crippen molar-refractivity contribution in [3.8, 4) is 0 Å². The highest BCUT2D eigenvalue weighted by molar-refractivity contribution is 5.70. The minimum atomic E-state index is -0.333. The van der Waals surface area contributed by atoms with Crippen molar-refractivity contribution < 1.29 is 6.22 Å². The maximum atomic E-state index is 9.22. The van der Waals surface area contributed by atoms with E-state index in [0.29, 0.717) is 0 Å². The Morgan fingerprint density at radius 1 is 2.25 bits per heavy atom. The van der Waals surface area contributed by atoms with Gasteiger partial charge in [-0.15, -0.1) is 0 Å². The topological polar surface area (TPSA) is 43.1 Å². The number of carbonyl (C=O) groups is 1. The largest absolute Gasteiger partial charge is 0.370 e. The summed E-state index contributed by atoms with van der Waals surface area (Å²) in [7, 11) is 0. The number of hydrogen-bond acceptors (Lipinski definition) is 1. The zero-order valence-corrected chi connectivity index (χ0v) is 2.49. The van der Waals surface area contributed by atoms with E-state index < -0.39 is 0 Å². The van der Waals surface area contributed by atoms with Crippen LogP contribution in [-0.4, -0.2) is 5.91 Å². The number of hydrogen-bond donors (Lipinski definition) is 1. The molecule has 0 spiro atoms. The van der Waals surface area contributed by atoms with Crippen molar-refractivity contribution in [2.24, 2.45) is 5.73 Å². The fourth-order valence-corrected chi connectivity index (χ4v) is 0. The molecule has 0 aromatic carbocycles. The fraction of sp³-hybridized carbons (Fsp3) is 0.500. The smallest absolute Gasteiger partial charge is 0.214 e. The van der Waals surface area contributed by atoms with Crippen LogP contribution >= 0.6 is 0 Å². The lowest BCUT2D eigenvalue weighted by Crippen LogP contribution is -2.01. The molecule has 0 aliphatic rings. The summed E-state index contributed by atoms with van der Waals surface area (Å²) in [5.41, 5.74) is 4.47. The molecular weight excluding hydrogens is 54.0 g/mol. The van der Waals surface area contributed by atoms with Crippen molar-refractivity contribution in [3.63, 3.8) is 0 Å². The van der Waals surface area contributed by atoms with Crippen molar-refractivity contribution in [1.29, 1.82) is 0 Å². The molecule has 0 aromatic heterocycles. The first kappa shape index (κ1) is 3.47. The van der Waals surface area contributed by atoms with Gasteiger partial charge in [-0.3, -0.25) is 4.79 Å². The Labute approximate surface area is 26.1 Å². The van der Waals surface area contributed by atoms with Crippen LogP contribution in [-0.2, 0) is 4.79 Å². The van der Waals surface area contributed by atoms with Gasteiger partial charge < -0.3 is 5.73 Å². The summed E-state index contributed by atoms with van der Waals surface area (Å²) in [5, 5.41) is 0. The molecule has 0 saturated carbocycles. The van der Waals surface area contributed by atoms with E-state index in [-0.39, 0.29) is 7.33 Å². The number of amides is 1. The molecule has 2 nitrogen and oxygen atoms in total. The molecule has 26 valence electrons. The highest BCUT2D eigenvalue weighted by Gasteiger charge is 1.61. The zero-order valence-electron chi connectivity index (χ0n) is 2.49. The minimum Gasteiger partial charge on any atom is -0.370 e. The van der Waals surface area contributed by atoms with Crippen molar-refractivity contribution in [3.05, 3.63) is 0 Å². The Morgan fingerprint density at radius 2 is 2.25 bits per heavy atom. The molecule has 0 rings (SSSR count). The normalized spacial score (nSPS) is 6.25. The molecule has 0 heterocycles. The van der Waals surface area contributed by atoms with Gasteiger partial charge in [0.05, 0.1) is 0 Å². The second-order valence-electron chi connectivity index (χ2n) is 0.611. The third-order valence-electron chi connectivity index (χ3n) is 0. The van der Waals surface area contributed by atoms with Gasteiger partial charge in [0.2, 0.25) is 5.91 Å². The van der Waals surface area contributed by atoms with Crippen LogP contribution in [0.4, 0.5) is 0 Å². The Morgan fingerprint density at radius 3 is 2.25 bits per heavy atom. The fourth-order valence-electron chi connectivity index (χ4n) is 0. The molecule has 0 fully saturated rings. The maximum Gasteiger partial charge on any atom is 0.214 e. The van der Waals surface area contributed by atoms with E-state index >= 15 is 0 Å². The summed E-state index contributed by atoms with van der Waals surface area (Å²) in [4.78, 5) is 9.22. The van der Waals surface area contributed by atoms with Crippen LogP contribution < -0.4 is 5.73 Å². The van der Waals surface area contributed by atoms with Crippen molar-refractivity contribution in [1.82, 2.24) is 0 Å². The molecule has 1 amide bonds. The zero-order chi connectivity index (χ0) is 3.58. The SMILES string of the molecule is CC(N)=O.[HH]. The summed E-state index contributed by atoms with van der Waals surface area (Å²) in [6.07, 6.45) is 0. The molecule has 0 radical (unpaired) electrons. The lowest BCUT2D eigenvalue weighted by molar-refractivity contribution is -0.115. The molecule has 0 atom stereocenters. The molecule has 4 heavy (non-hydrogen) atoms. The minimum absolute atomic E-state index is 0. The van der Waals surface area contributed by atoms with Crippen LogP contribution in [0.15, 0.2) is 0 Å². The quantitative estimate of drug-likeness (QED) is 0.412. The first-order valence-corrected chi connectivity index (χ1v) is 0.993. The summed E-state index contributed by atoms with van der Waals surface area (Å²) >= 11 is 0. The number of primary amides is 1. The Hall–Kier alpha value is -0.530. The van der Waals surface area contributed by atoms with E-state index in [1.54, 1.807) is 0 Å². The van der Waals surface area contributed by atoms with E-state index in [1.807, 2.05) is 0 Å². The number of rotatable bonds is 0. The van der Waals surface area contributed by atoms with Crippen molar-refractivity contribution >= 4 is 5.91 Å². The van der Waals surface area contributed by atoms with E-state index in [4.69, 9.17) is 0 Å². The molecule has 0 unspecified atom stereocenters. The Balaban J connectivity index is 0. The first-order valence-electron chi connectivity index (χ1n) is 0.993. The third-order valence-corrected chi connectivity index (χ3v) is 0. The average Bonchev–Trinajstić information content (AvgIpc) is 0.811. The molecular formula is C2H7NO. The van der Waals surface area contributed by atoms with Gasteiger partial charge in [0, 0.05) is 8.35 Å². The van der Waals surface area contributed by atoms with Gasteiger partial charge in [-0.2, -0.15) is 0 Å². The summed E-state index contributed by atoms with van der Waals surface area (Å²) < 4.78 is 0. The lowest BCUT2D eigenvalue weighted by Gasteiger charge is -1.60. The van der Waals surface area contributed by atoms with E-state index in [9.17, 15) is 4.79 Å². The molecule has 2 N–H and O–H groups in total. The van der Waals surface area contributed by atoms with Crippen LogP contribution in [0.2, 0.25) is 0 Å². The molecule has 0 bridgehead atoms. The second kappa shape index (κ2) is 0.875. The van der Waals surface area contributed by atoms with Gasteiger partial charge in [0.25, 0.3) is 0 Å². The monoisotopic (exact) mass is 61.1 g/mol. The van der Waals surface area contributed by atoms with Gasteiger partial charge in [0.1, 0.15) is 0 Å². The van der Waals surface area contributed by atoms with Crippen LogP contribution in [0, 0.1) is 0 Å². The second-order valence-corrected chi connectivity index (χ2v) is 0.611. The predicted octanol–water partition coefficient (Wildman–Crippen LogP) is -0.262. The molecule has 0 aromatic rings. The van der Waals surface area contributed by atoms with Gasteiger partial charge in [-0.05, 0) is 0 Å². The molecule has 0 aliphatic heterocycles. The Bertz CT molecular complexity index is 32.6. The van der Waals surface area contributed by atoms with E-state index in [0.717, 1.165) is 0 Å². The van der Waals surface area contributed by atoms with Crippen molar-refractivity contribution in [2.45, 2.75) is 6.92 Å².